The summed E-state index contributed by atoms with van der Waals surface area (Å²) in [6.45, 7) is 1.49. The number of nitrogens with zero attached hydrogens (tertiary/aromatic N) is 1. The van der Waals surface area contributed by atoms with E-state index in [9.17, 15) is 23.3 Å². The number of carboxylic acid groups (broad SMARTS) is 1. The first-order valence-electron chi connectivity index (χ1n) is 5.80. The Balaban J connectivity index is 3.32. The number of nitro groups is 1. The molecule has 0 heterocycles. The average Bonchev–Trinajstić information content (AvgIpc) is 2.43. The van der Waals surface area contributed by atoms with Crippen molar-refractivity contribution in [2.45, 2.75) is 24.3 Å². The van der Waals surface area contributed by atoms with E-state index in [4.69, 9.17) is 9.84 Å². The second kappa shape index (κ2) is 6.50. The number of sulfonamides is 1. The van der Waals surface area contributed by atoms with Gasteiger partial charge >= 0.3 is 5.97 Å². The fourth-order valence-electron chi connectivity index (χ4n) is 1.55. The molecule has 116 valence electrons. The van der Waals surface area contributed by atoms with Gasteiger partial charge in [0.2, 0.25) is 10.0 Å². The third-order valence-corrected chi connectivity index (χ3v) is 4.14. The molecule has 2 N–H and O–H groups in total. The predicted molar refractivity (Wildman–Crippen MR) is 71.7 cm³/mol. The fraction of sp³-hybridized carbons (Fsp3) is 0.364. The third-order valence-electron chi connectivity index (χ3n) is 2.65. The zero-order valence-electron chi connectivity index (χ0n) is 11.3. The number of nitro benzene ring substituents is 1. The Hall–Kier alpha value is -2.20. The largest absolute Gasteiger partial charge is 0.495 e. The van der Waals surface area contributed by atoms with Crippen molar-refractivity contribution >= 4 is 21.7 Å². The minimum Gasteiger partial charge on any atom is -0.495 e. The maximum Gasteiger partial charge on any atom is 0.321 e. The molecule has 0 saturated heterocycles. The van der Waals surface area contributed by atoms with E-state index in [0.29, 0.717) is 0 Å². The molecule has 21 heavy (non-hydrogen) atoms. The van der Waals surface area contributed by atoms with Crippen molar-refractivity contribution in [2.24, 2.45) is 0 Å². The molecule has 0 aliphatic rings. The van der Waals surface area contributed by atoms with Crippen LogP contribution in [0.4, 0.5) is 5.69 Å². The van der Waals surface area contributed by atoms with E-state index in [1.807, 2.05) is 4.72 Å². The molecule has 9 nitrogen and oxygen atoms in total. The van der Waals surface area contributed by atoms with Gasteiger partial charge in [-0.2, -0.15) is 4.72 Å². The molecule has 0 aliphatic heterocycles. The van der Waals surface area contributed by atoms with Gasteiger partial charge in [0.1, 0.15) is 16.7 Å². The second-order valence-electron chi connectivity index (χ2n) is 4.01. The molecule has 0 radical (unpaired) electrons. The summed E-state index contributed by atoms with van der Waals surface area (Å²) in [5.41, 5.74) is -0.445. The summed E-state index contributed by atoms with van der Waals surface area (Å²) in [7, 11) is -3.07. The first-order valence-corrected chi connectivity index (χ1v) is 7.28. The smallest absolute Gasteiger partial charge is 0.321 e. The molecule has 1 aromatic carbocycles. The Morgan fingerprint density at radius 1 is 1.52 bits per heavy atom. The van der Waals surface area contributed by atoms with Crippen LogP contribution in [0.25, 0.3) is 0 Å². The molecule has 1 rings (SSSR count). The number of benzene rings is 1. The average molecular weight is 318 g/mol. The molecule has 1 atom stereocenters. The number of aliphatic carboxylic acids is 1. The van der Waals surface area contributed by atoms with E-state index in [2.05, 4.69) is 0 Å². The fourth-order valence-corrected chi connectivity index (χ4v) is 3.01. The van der Waals surface area contributed by atoms with Crippen molar-refractivity contribution in [1.82, 2.24) is 4.72 Å². The molecule has 0 aromatic heterocycles. The zero-order valence-corrected chi connectivity index (χ0v) is 12.1. The molecule has 0 unspecified atom stereocenters. The highest BCUT2D eigenvalue weighted by Gasteiger charge is 2.28. The quantitative estimate of drug-likeness (QED) is 0.559. The van der Waals surface area contributed by atoms with Gasteiger partial charge in [-0.1, -0.05) is 6.92 Å². The van der Waals surface area contributed by atoms with Crippen LogP contribution in [-0.2, 0) is 14.8 Å². The third kappa shape index (κ3) is 3.89. The number of non-ortho nitro benzene ring substituents is 1. The normalized spacial score (nSPS) is 12.7. The van der Waals surface area contributed by atoms with Crippen LogP contribution in [0, 0.1) is 10.1 Å². The maximum atomic E-state index is 12.2. The van der Waals surface area contributed by atoms with Crippen LogP contribution in [0.2, 0.25) is 0 Å². The van der Waals surface area contributed by atoms with E-state index < -0.39 is 37.5 Å². The van der Waals surface area contributed by atoms with Crippen LogP contribution in [0.3, 0.4) is 0 Å². The number of carboxylic acids is 1. The maximum absolute atomic E-state index is 12.2. The van der Waals surface area contributed by atoms with Gasteiger partial charge in [-0.3, -0.25) is 14.9 Å². The highest BCUT2D eigenvalue weighted by atomic mass is 32.2. The van der Waals surface area contributed by atoms with Gasteiger partial charge in [-0.05, 0) is 12.5 Å². The highest BCUT2D eigenvalue weighted by Crippen LogP contribution is 2.28. The van der Waals surface area contributed by atoms with Gasteiger partial charge < -0.3 is 9.84 Å². The Morgan fingerprint density at radius 2 is 2.14 bits per heavy atom. The number of rotatable bonds is 7. The van der Waals surface area contributed by atoms with Crippen LogP contribution in [0.5, 0.6) is 5.75 Å². The van der Waals surface area contributed by atoms with E-state index in [0.717, 1.165) is 18.2 Å². The van der Waals surface area contributed by atoms with Crippen molar-refractivity contribution < 1.29 is 28.0 Å². The van der Waals surface area contributed by atoms with Crippen molar-refractivity contribution in [2.75, 3.05) is 7.11 Å². The summed E-state index contributed by atoms with van der Waals surface area (Å²) in [5.74, 6) is -1.46. The first kappa shape index (κ1) is 16.9. The lowest BCUT2D eigenvalue weighted by Gasteiger charge is -2.14. The molecule has 0 fully saturated rings. The van der Waals surface area contributed by atoms with Crippen molar-refractivity contribution in [1.29, 1.82) is 0 Å². The number of ether oxygens (including phenoxy) is 1. The Kier molecular flexibility index (Phi) is 5.22. The van der Waals surface area contributed by atoms with Crippen LogP contribution in [0.15, 0.2) is 23.1 Å². The molecule has 0 spiro atoms. The standard InChI is InChI=1S/C11H14N2O7S/c1-3-8(11(14)15)12-21(18,19)10-6-7(13(16)17)4-5-9(10)20-2/h4-6,8,12H,3H2,1-2H3,(H,14,15)/t8-/m1/s1. The minimum atomic E-state index is -4.28. The van der Waals surface area contributed by atoms with Crippen molar-refractivity contribution in [3.8, 4) is 5.75 Å². The van der Waals surface area contributed by atoms with Crippen molar-refractivity contribution in [3.63, 3.8) is 0 Å². The van der Waals surface area contributed by atoms with Gasteiger partial charge in [0.25, 0.3) is 5.69 Å². The molecular weight excluding hydrogens is 304 g/mol. The van der Waals surface area contributed by atoms with E-state index in [1.165, 1.54) is 14.0 Å². The number of nitrogens with one attached hydrogen (secondary N) is 1. The topological polar surface area (TPSA) is 136 Å². The number of hydrogen-bond acceptors (Lipinski definition) is 6. The monoisotopic (exact) mass is 318 g/mol. The molecule has 0 aliphatic carbocycles. The van der Waals surface area contributed by atoms with Crippen LogP contribution in [0.1, 0.15) is 13.3 Å². The molecule has 10 heteroatoms. The van der Waals surface area contributed by atoms with Crippen LogP contribution < -0.4 is 9.46 Å². The van der Waals surface area contributed by atoms with Gasteiger partial charge in [-0.25, -0.2) is 8.42 Å². The summed E-state index contributed by atoms with van der Waals surface area (Å²) >= 11 is 0. The molecule has 0 bridgehead atoms. The molecular formula is C11H14N2O7S. The van der Waals surface area contributed by atoms with Crippen LogP contribution >= 0.6 is 0 Å². The SMILES string of the molecule is CC[C@@H](NS(=O)(=O)c1cc([N+](=O)[O-])ccc1OC)C(=O)O. The summed E-state index contributed by atoms with van der Waals surface area (Å²) in [5, 5.41) is 19.6. The summed E-state index contributed by atoms with van der Waals surface area (Å²) in [6, 6.07) is 1.70. The lowest BCUT2D eigenvalue weighted by Crippen LogP contribution is -2.40. The first-order chi connectivity index (χ1) is 9.72. The zero-order chi connectivity index (χ0) is 16.2. The summed E-state index contributed by atoms with van der Waals surface area (Å²) < 4.78 is 31.2. The molecule has 0 amide bonds. The minimum absolute atomic E-state index is 0.0196. The highest BCUT2D eigenvalue weighted by molar-refractivity contribution is 7.89. The van der Waals surface area contributed by atoms with Crippen molar-refractivity contribution in [3.05, 3.63) is 28.3 Å². The second-order valence-corrected chi connectivity index (χ2v) is 5.70. The summed E-state index contributed by atoms with van der Waals surface area (Å²) in [6.07, 6.45) is 0.0196. The summed E-state index contributed by atoms with van der Waals surface area (Å²) in [4.78, 5) is 20.4. The van der Waals surface area contributed by atoms with Gasteiger partial charge in [0.05, 0.1) is 12.0 Å². The van der Waals surface area contributed by atoms with E-state index in [1.54, 1.807) is 0 Å². The molecule has 1 aromatic rings. The number of hydrogen-bond donors (Lipinski definition) is 2. The van der Waals surface area contributed by atoms with E-state index >= 15 is 0 Å². The van der Waals surface area contributed by atoms with E-state index in [-0.39, 0.29) is 12.2 Å². The lowest BCUT2D eigenvalue weighted by atomic mass is 10.2. The number of carbonyl (C=O) groups is 1. The predicted octanol–water partition coefficient (Wildman–Crippen LogP) is 0.745. The Bertz CT molecular complexity index is 657. The van der Waals surface area contributed by atoms with Gasteiger partial charge in [0.15, 0.2) is 0 Å². The van der Waals surface area contributed by atoms with Crippen LogP contribution in [-0.4, -0.2) is 37.6 Å². The Morgan fingerprint density at radius 3 is 2.57 bits per heavy atom. The number of methoxy groups -OCH3 is 1. The lowest BCUT2D eigenvalue weighted by molar-refractivity contribution is -0.385. The van der Waals surface area contributed by atoms with Gasteiger partial charge in [0, 0.05) is 12.1 Å². The molecule has 0 saturated carbocycles. The Labute approximate surface area is 120 Å². The van der Waals surface area contributed by atoms with Gasteiger partial charge in [-0.15, -0.1) is 0 Å².